The number of likely N-dealkylation sites (N-methyl/N-ethyl adjacent to an activating group) is 1. The zero-order valence-electron chi connectivity index (χ0n) is 22.2. The minimum atomic E-state index is -4.60. The van der Waals surface area contributed by atoms with Gasteiger partial charge in [-0.25, -0.2) is 4.98 Å². The van der Waals surface area contributed by atoms with E-state index in [1.807, 2.05) is 11.9 Å². The number of nitrogens with zero attached hydrogens (tertiary/aromatic N) is 3. The van der Waals surface area contributed by atoms with Crippen molar-refractivity contribution in [2.24, 2.45) is 5.73 Å². The largest absolute Gasteiger partial charge is 0.478 e. The molecule has 0 saturated heterocycles. The SMILES string of the molecule is CN(C/C=C/C(N)=O)CCCOc1ccc(C(/C(=C/C(F)(F)F)c2ccccc2)c2ccc3n[nH]c(F)c3c2)cn1. The maximum atomic E-state index is 14.4. The molecule has 0 radical (unpaired) electrons. The summed E-state index contributed by atoms with van der Waals surface area (Å²) in [5, 5.41) is 6.33. The summed E-state index contributed by atoms with van der Waals surface area (Å²) in [6, 6.07) is 16.2. The van der Waals surface area contributed by atoms with Gasteiger partial charge in [0, 0.05) is 37.3 Å². The number of aromatic amines is 1. The van der Waals surface area contributed by atoms with Crippen molar-refractivity contribution in [3.63, 3.8) is 0 Å². The number of nitrogens with two attached hydrogens (primary N) is 1. The average Bonchev–Trinajstić information content (AvgIpc) is 3.31. The number of pyridine rings is 1. The number of allylic oxidation sites excluding steroid dienone is 2. The van der Waals surface area contributed by atoms with Crippen LogP contribution in [0.3, 0.4) is 0 Å². The molecular weight excluding hydrogens is 538 g/mol. The molecule has 0 fully saturated rings. The summed E-state index contributed by atoms with van der Waals surface area (Å²) in [7, 11) is 1.89. The number of primary amides is 1. The number of halogens is 4. The van der Waals surface area contributed by atoms with Crippen LogP contribution in [-0.4, -0.2) is 58.9 Å². The molecule has 7 nitrogen and oxygen atoms in total. The van der Waals surface area contributed by atoms with Crippen LogP contribution in [0.4, 0.5) is 17.6 Å². The molecule has 0 aliphatic heterocycles. The number of ether oxygens (including phenoxy) is 1. The second-order valence-corrected chi connectivity index (χ2v) is 9.45. The van der Waals surface area contributed by atoms with Gasteiger partial charge in [0.05, 0.1) is 17.5 Å². The van der Waals surface area contributed by atoms with Crippen LogP contribution in [0.25, 0.3) is 16.5 Å². The molecule has 2 aromatic heterocycles. The van der Waals surface area contributed by atoms with E-state index >= 15 is 0 Å². The lowest BCUT2D eigenvalue weighted by Crippen LogP contribution is -2.21. The molecule has 1 amide bonds. The minimum absolute atomic E-state index is 0.00903. The molecule has 4 aromatic rings. The highest BCUT2D eigenvalue weighted by molar-refractivity contribution is 5.85. The maximum absolute atomic E-state index is 14.4. The van der Waals surface area contributed by atoms with Gasteiger partial charge in [0.2, 0.25) is 17.7 Å². The number of hydrogen-bond donors (Lipinski definition) is 2. The van der Waals surface area contributed by atoms with Gasteiger partial charge in [0.25, 0.3) is 0 Å². The van der Waals surface area contributed by atoms with Crippen LogP contribution < -0.4 is 10.5 Å². The number of aromatic nitrogens is 3. The lowest BCUT2D eigenvalue weighted by molar-refractivity contribution is -0.113. The zero-order chi connectivity index (χ0) is 29.4. The third-order valence-electron chi connectivity index (χ3n) is 6.33. The normalized spacial score (nSPS) is 13.3. The number of fused-ring (bicyclic) bond motifs is 1. The van der Waals surface area contributed by atoms with Crippen molar-refractivity contribution in [1.29, 1.82) is 0 Å². The topological polar surface area (TPSA) is 97.1 Å². The van der Waals surface area contributed by atoms with Crippen molar-refractivity contribution < 1.29 is 27.1 Å². The Hall–Kier alpha value is -4.51. The van der Waals surface area contributed by atoms with Crippen LogP contribution in [-0.2, 0) is 4.79 Å². The van der Waals surface area contributed by atoms with Gasteiger partial charge in [-0.3, -0.25) is 9.89 Å². The highest BCUT2D eigenvalue weighted by atomic mass is 19.4. The summed E-state index contributed by atoms with van der Waals surface area (Å²) in [5.41, 5.74) is 6.73. The van der Waals surface area contributed by atoms with Crippen LogP contribution in [0.15, 0.2) is 85.1 Å². The number of amides is 1. The molecule has 41 heavy (non-hydrogen) atoms. The monoisotopic (exact) mass is 567 g/mol. The quantitative estimate of drug-likeness (QED) is 0.132. The molecule has 0 aliphatic rings. The second-order valence-electron chi connectivity index (χ2n) is 9.45. The summed E-state index contributed by atoms with van der Waals surface area (Å²) in [6.07, 6.45) is 0.813. The lowest BCUT2D eigenvalue weighted by Gasteiger charge is -2.23. The summed E-state index contributed by atoms with van der Waals surface area (Å²) in [6.45, 7) is 1.61. The highest BCUT2D eigenvalue weighted by Gasteiger charge is 2.30. The lowest BCUT2D eigenvalue weighted by atomic mass is 9.81. The first kappa shape index (κ1) is 29.5. The van der Waals surface area contributed by atoms with Crippen LogP contribution in [0, 0.1) is 5.95 Å². The third kappa shape index (κ3) is 8.24. The number of carbonyl (C=O) groups excluding carboxylic acids is 1. The fourth-order valence-electron chi connectivity index (χ4n) is 4.47. The van der Waals surface area contributed by atoms with Crippen LogP contribution in [0.5, 0.6) is 5.88 Å². The fourth-order valence-corrected chi connectivity index (χ4v) is 4.47. The number of H-pyrrole nitrogens is 1. The van der Waals surface area contributed by atoms with E-state index in [2.05, 4.69) is 15.2 Å². The fraction of sp³-hybridized carbons (Fsp3) is 0.233. The second kappa shape index (κ2) is 13.2. The molecule has 4 rings (SSSR count). The van der Waals surface area contributed by atoms with Gasteiger partial charge in [-0.2, -0.15) is 22.7 Å². The maximum Gasteiger partial charge on any atom is 0.410 e. The number of alkyl halides is 3. The Morgan fingerprint density at radius 1 is 1.12 bits per heavy atom. The van der Waals surface area contributed by atoms with Crippen LogP contribution in [0.2, 0.25) is 0 Å². The third-order valence-corrected chi connectivity index (χ3v) is 6.33. The smallest absolute Gasteiger partial charge is 0.410 e. The summed E-state index contributed by atoms with van der Waals surface area (Å²) in [5.74, 6) is -1.77. The van der Waals surface area contributed by atoms with E-state index in [-0.39, 0.29) is 17.0 Å². The molecule has 11 heteroatoms. The van der Waals surface area contributed by atoms with E-state index < -0.39 is 23.9 Å². The standard InChI is InChI=1S/C30H29F4N5O2/c1-39(14-5-9-26(35)40)15-6-16-41-27-13-11-22(19-36-27)28(21-10-12-25-23(17-21)29(31)38-37-25)24(18-30(32,33)34)20-7-3-2-4-8-20/h2-5,7-13,17-19,28H,6,14-16H2,1H3,(H2,35,40)(H,37,38)/b9-5+,24-18+. The van der Waals surface area contributed by atoms with Crippen molar-refractivity contribution in [1.82, 2.24) is 20.1 Å². The molecule has 2 heterocycles. The number of benzene rings is 2. The Balaban J connectivity index is 1.60. The van der Waals surface area contributed by atoms with Gasteiger partial charge in [-0.05, 0) is 53.9 Å². The summed E-state index contributed by atoms with van der Waals surface area (Å²) >= 11 is 0. The Morgan fingerprint density at radius 2 is 1.88 bits per heavy atom. The van der Waals surface area contributed by atoms with Crippen LogP contribution in [0.1, 0.15) is 29.0 Å². The summed E-state index contributed by atoms with van der Waals surface area (Å²) in [4.78, 5) is 17.1. The van der Waals surface area contributed by atoms with Crippen LogP contribution >= 0.6 is 0 Å². The van der Waals surface area contributed by atoms with E-state index in [9.17, 15) is 22.4 Å². The predicted molar refractivity (Wildman–Crippen MR) is 149 cm³/mol. The molecule has 0 spiro atoms. The van der Waals surface area contributed by atoms with Crippen molar-refractivity contribution in [2.45, 2.75) is 18.5 Å². The van der Waals surface area contributed by atoms with E-state index in [4.69, 9.17) is 10.5 Å². The zero-order valence-corrected chi connectivity index (χ0v) is 22.2. The Labute approximate surface area is 234 Å². The van der Waals surface area contributed by atoms with Gasteiger partial charge in [-0.15, -0.1) is 0 Å². The summed E-state index contributed by atoms with van der Waals surface area (Å²) < 4.78 is 61.6. The van der Waals surface area contributed by atoms with E-state index in [1.54, 1.807) is 60.7 Å². The predicted octanol–water partition coefficient (Wildman–Crippen LogP) is 5.62. The Kier molecular flexibility index (Phi) is 9.51. The molecule has 0 saturated carbocycles. The number of carbonyl (C=O) groups is 1. The molecule has 1 atom stereocenters. The number of rotatable bonds is 12. The Morgan fingerprint density at radius 3 is 2.56 bits per heavy atom. The van der Waals surface area contributed by atoms with Gasteiger partial charge in [0.15, 0.2) is 0 Å². The Bertz CT molecular complexity index is 1520. The molecule has 0 bridgehead atoms. The van der Waals surface area contributed by atoms with Crippen molar-refractivity contribution >= 4 is 22.4 Å². The van der Waals surface area contributed by atoms with Gasteiger partial charge < -0.3 is 15.4 Å². The van der Waals surface area contributed by atoms with Gasteiger partial charge in [-0.1, -0.05) is 48.5 Å². The molecule has 0 aliphatic carbocycles. The minimum Gasteiger partial charge on any atom is -0.478 e. The van der Waals surface area contributed by atoms with Gasteiger partial charge in [0.1, 0.15) is 0 Å². The first-order valence-corrected chi connectivity index (χ1v) is 12.8. The van der Waals surface area contributed by atoms with Crippen molar-refractivity contribution in [3.05, 3.63) is 108 Å². The van der Waals surface area contributed by atoms with Gasteiger partial charge >= 0.3 is 6.18 Å². The molecule has 3 N–H and O–H groups in total. The van der Waals surface area contributed by atoms with Crippen molar-refractivity contribution in [2.75, 3.05) is 26.7 Å². The highest BCUT2D eigenvalue weighted by Crippen LogP contribution is 2.41. The average molecular weight is 568 g/mol. The van der Waals surface area contributed by atoms with E-state index in [0.717, 1.165) is 0 Å². The van der Waals surface area contributed by atoms with Crippen molar-refractivity contribution in [3.8, 4) is 5.88 Å². The van der Waals surface area contributed by atoms with E-state index in [0.29, 0.717) is 54.2 Å². The number of hydrogen-bond acceptors (Lipinski definition) is 5. The first-order chi connectivity index (χ1) is 19.6. The molecule has 1 unspecified atom stereocenters. The number of nitrogens with one attached hydrogen (secondary N) is 1. The first-order valence-electron chi connectivity index (χ1n) is 12.8. The molecule has 214 valence electrons. The van der Waals surface area contributed by atoms with E-state index in [1.165, 1.54) is 18.3 Å². The molecule has 2 aromatic carbocycles. The molecular formula is C30H29F4N5O2.